The lowest BCUT2D eigenvalue weighted by atomic mass is 10.0. The molecule has 136 valence electrons. The monoisotopic (exact) mass is 355 g/mol. The third-order valence-corrected chi connectivity index (χ3v) is 4.16. The van der Waals surface area contributed by atoms with E-state index in [1.54, 1.807) is 0 Å². The van der Waals surface area contributed by atoms with E-state index in [0.717, 1.165) is 22.5 Å². The Morgan fingerprint density at radius 2 is 1.73 bits per heavy atom. The molecule has 0 radical (unpaired) electrons. The smallest absolute Gasteiger partial charge is 0.333 e. The van der Waals surface area contributed by atoms with E-state index >= 15 is 0 Å². The van der Waals surface area contributed by atoms with Crippen LogP contribution in [0.2, 0.25) is 0 Å². The maximum absolute atomic E-state index is 11.8. The molecule has 7 nitrogen and oxygen atoms in total. The van der Waals surface area contributed by atoms with E-state index in [-0.39, 0.29) is 19.3 Å². The molecule has 2 amide bonds. The Morgan fingerprint density at radius 1 is 1.08 bits per heavy atom. The minimum absolute atomic E-state index is 0.103. The number of amides is 2. The number of dihydropyridines is 2. The second-order valence-electron chi connectivity index (χ2n) is 6.29. The molecule has 0 aromatic carbocycles. The van der Waals surface area contributed by atoms with Gasteiger partial charge in [-0.3, -0.25) is 9.59 Å². The third kappa shape index (κ3) is 4.30. The van der Waals surface area contributed by atoms with Crippen LogP contribution in [0, 0.1) is 0 Å². The molecule has 0 spiro atoms. The number of carbonyl (C=O) groups is 3. The molecule has 0 aromatic heterocycles. The average Bonchev–Trinajstić information content (AvgIpc) is 2.94. The Balaban J connectivity index is 1.51. The summed E-state index contributed by atoms with van der Waals surface area (Å²) in [7, 11) is 0. The van der Waals surface area contributed by atoms with Crippen LogP contribution in [0.15, 0.2) is 59.2 Å². The van der Waals surface area contributed by atoms with Crippen molar-refractivity contribution in [1.29, 1.82) is 0 Å². The second-order valence-corrected chi connectivity index (χ2v) is 6.29. The van der Waals surface area contributed by atoms with Crippen LogP contribution in [0.3, 0.4) is 0 Å². The molecule has 3 rings (SSSR count). The number of hydrogen-bond donors (Lipinski definition) is 2. The molecular weight excluding hydrogens is 334 g/mol. The summed E-state index contributed by atoms with van der Waals surface area (Å²) >= 11 is 0. The maximum Gasteiger partial charge on any atom is 0.333 e. The summed E-state index contributed by atoms with van der Waals surface area (Å²) in [5, 5.41) is 6.99. The highest BCUT2D eigenvalue weighted by molar-refractivity contribution is 6.01. The highest BCUT2D eigenvalue weighted by Gasteiger charge is 2.32. The van der Waals surface area contributed by atoms with Crippen LogP contribution in [0.25, 0.3) is 0 Å². The Hall–Kier alpha value is -3.09. The van der Waals surface area contributed by atoms with Crippen molar-refractivity contribution < 1.29 is 19.2 Å². The van der Waals surface area contributed by atoms with Crippen LogP contribution >= 0.6 is 0 Å². The predicted octanol–water partition coefficient (Wildman–Crippen LogP) is 2.08. The topological polar surface area (TPSA) is 87.7 Å². The highest BCUT2D eigenvalue weighted by Crippen LogP contribution is 2.19. The molecule has 2 N–H and O–H groups in total. The van der Waals surface area contributed by atoms with Crippen molar-refractivity contribution in [1.82, 2.24) is 15.7 Å². The van der Waals surface area contributed by atoms with Gasteiger partial charge < -0.3 is 15.5 Å². The van der Waals surface area contributed by atoms with Crippen molar-refractivity contribution in [2.75, 3.05) is 0 Å². The number of rotatable bonds is 5. The first-order chi connectivity index (χ1) is 12.5. The van der Waals surface area contributed by atoms with E-state index in [0.29, 0.717) is 17.9 Å². The molecule has 3 aliphatic rings. The zero-order valence-corrected chi connectivity index (χ0v) is 14.6. The summed E-state index contributed by atoms with van der Waals surface area (Å²) in [6, 6.07) is 0. The van der Waals surface area contributed by atoms with Gasteiger partial charge in [0.15, 0.2) is 0 Å². The lowest BCUT2D eigenvalue weighted by Crippen LogP contribution is -2.31. The van der Waals surface area contributed by atoms with Crippen molar-refractivity contribution in [3.05, 3.63) is 59.2 Å². The third-order valence-electron chi connectivity index (χ3n) is 4.16. The lowest BCUT2D eigenvalue weighted by molar-refractivity contribution is -0.197. The van der Waals surface area contributed by atoms with Crippen molar-refractivity contribution >= 4 is 17.8 Å². The van der Waals surface area contributed by atoms with Gasteiger partial charge in [0.1, 0.15) is 0 Å². The number of carbonyl (C=O) groups excluding carboxylic acids is 3. The Morgan fingerprint density at radius 3 is 2.42 bits per heavy atom. The van der Waals surface area contributed by atoms with Gasteiger partial charge in [0.05, 0.1) is 11.4 Å². The zero-order chi connectivity index (χ0) is 18.5. The van der Waals surface area contributed by atoms with Gasteiger partial charge in [-0.05, 0) is 55.2 Å². The molecule has 7 heteroatoms. The first-order valence-corrected chi connectivity index (χ1v) is 8.59. The lowest BCUT2D eigenvalue weighted by Gasteiger charge is -2.17. The summed E-state index contributed by atoms with van der Waals surface area (Å²) in [5.74, 6) is -1.48. The molecule has 0 atom stereocenters. The largest absolute Gasteiger partial charge is 0.360 e. The predicted molar refractivity (Wildman–Crippen MR) is 94.4 cm³/mol. The molecule has 0 aromatic rings. The van der Waals surface area contributed by atoms with E-state index < -0.39 is 17.8 Å². The molecule has 1 saturated heterocycles. The van der Waals surface area contributed by atoms with Gasteiger partial charge in [-0.25, -0.2) is 4.79 Å². The summed E-state index contributed by atoms with van der Waals surface area (Å²) in [6.07, 6.45) is 13.4. The summed E-state index contributed by atoms with van der Waals surface area (Å²) in [5.41, 5.74) is 4.18. The Labute approximate surface area is 151 Å². The number of hydroxylamine groups is 2. The summed E-state index contributed by atoms with van der Waals surface area (Å²) in [6.45, 7) is 2.03. The standard InChI is InChI=1S/C19H21N3O4/c1-13-7-9-20-15(11-13)16-12-14(8-10-21-16)3-2-4-19(25)26-22-17(23)5-6-18(22)24/h7-12,20-21H,2-6H2,1H3/b16-15-. The normalized spacial score (nSPS) is 22.0. The fraction of sp³-hybridized carbons (Fsp3) is 0.316. The SMILES string of the molecule is CC1=C/C(=C2\C=C(CCCC(=O)ON3C(=O)CCC3=O)C=CN2)NC=C1. The van der Waals surface area contributed by atoms with Crippen LogP contribution in [0.4, 0.5) is 0 Å². The molecule has 3 heterocycles. The van der Waals surface area contributed by atoms with Crippen LogP contribution in [-0.4, -0.2) is 22.8 Å². The van der Waals surface area contributed by atoms with E-state index in [1.165, 1.54) is 0 Å². The van der Waals surface area contributed by atoms with E-state index in [4.69, 9.17) is 4.84 Å². The van der Waals surface area contributed by atoms with E-state index in [9.17, 15) is 14.4 Å². The molecular formula is C19H21N3O4. The number of nitrogens with zero attached hydrogens (tertiary/aromatic N) is 1. The Kier molecular flexibility index (Phi) is 5.36. The van der Waals surface area contributed by atoms with E-state index in [2.05, 4.69) is 16.7 Å². The molecule has 26 heavy (non-hydrogen) atoms. The van der Waals surface area contributed by atoms with Gasteiger partial charge in [0, 0.05) is 31.7 Å². The van der Waals surface area contributed by atoms with Crippen molar-refractivity contribution in [2.45, 2.75) is 39.0 Å². The fourth-order valence-electron chi connectivity index (χ4n) is 2.80. The fourth-order valence-corrected chi connectivity index (χ4v) is 2.80. The van der Waals surface area contributed by atoms with Crippen molar-refractivity contribution in [3.63, 3.8) is 0 Å². The summed E-state index contributed by atoms with van der Waals surface area (Å²) in [4.78, 5) is 39.6. The number of hydrogen-bond acceptors (Lipinski definition) is 6. The molecule has 0 saturated carbocycles. The minimum atomic E-state index is -0.566. The van der Waals surface area contributed by atoms with Gasteiger partial charge >= 0.3 is 5.97 Å². The molecule has 0 bridgehead atoms. The average molecular weight is 355 g/mol. The van der Waals surface area contributed by atoms with Crippen LogP contribution in [0.5, 0.6) is 0 Å². The molecule has 0 aliphatic carbocycles. The second kappa shape index (κ2) is 7.86. The minimum Gasteiger partial charge on any atom is -0.360 e. The molecule has 3 aliphatic heterocycles. The van der Waals surface area contributed by atoms with Gasteiger partial charge in [-0.2, -0.15) is 0 Å². The number of imide groups is 1. The first-order valence-electron chi connectivity index (χ1n) is 8.59. The number of nitrogens with one attached hydrogen (secondary N) is 2. The highest BCUT2D eigenvalue weighted by atomic mass is 16.7. The molecule has 1 fully saturated rings. The Bertz CT molecular complexity index is 771. The van der Waals surface area contributed by atoms with Crippen LogP contribution in [-0.2, 0) is 19.2 Å². The maximum atomic E-state index is 11.8. The van der Waals surface area contributed by atoms with Crippen molar-refractivity contribution in [2.24, 2.45) is 0 Å². The van der Waals surface area contributed by atoms with Gasteiger partial charge in [0.25, 0.3) is 11.8 Å². The van der Waals surface area contributed by atoms with Gasteiger partial charge in [-0.1, -0.05) is 0 Å². The quantitative estimate of drug-likeness (QED) is 0.734. The van der Waals surface area contributed by atoms with Gasteiger partial charge in [0.2, 0.25) is 0 Å². The molecule has 0 unspecified atom stereocenters. The van der Waals surface area contributed by atoms with E-state index in [1.807, 2.05) is 37.6 Å². The van der Waals surface area contributed by atoms with Crippen LogP contribution in [0.1, 0.15) is 39.0 Å². The summed E-state index contributed by atoms with van der Waals surface area (Å²) < 4.78 is 0. The van der Waals surface area contributed by atoms with Crippen LogP contribution < -0.4 is 10.6 Å². The number of allylic oxidation sites excluding steroid dienone is 6. The van der Waals surface area contributed by atoms with Crippen molar-refractivity contribution in [3.8, 4) is 0 Å². The van der Waals surface area contributed by atoms with Gasteiger partial charge in [-0.15, -0.1) is 5.06 Å². The first kappa shape index (κ1) is 17.7. The zero-order valence-electron chi connectivity index (χ0n) is 14.6.